The number of aliphatic hydroxyl groups excluding tert-OH is 1. The molecule has 0 aliphatic carbocycles. The number of hydrogen-bond donors (Lipinski definition) is 3. The first-order chi connectivity index (χ1) is 9.67. The topological polar surface area (TPSA) is 62.8 Å². The molecule has 0 spiro atoms. The summed E-state index contributed by atoms with van der Waals surface area (Å²) in [5.74, 6) is 1.54. The van der Waals surface area contributed by atoms with Crippen LogP contribution < -0.4 is 20.1 Å². The molecule has 0 saturated heterocycles. The van der Waals surface area contributed by atoms with Crippen LogP contribution in [0, 0.1) is 0 Å². The van der Waals surface area contributed by atoms with E-state index in [2.05, 4.69) is 10.6 Å². The summed E-state index contributed by atoms with van der Waals surface area (Å²) in [5, 5.41) is 15.6. The normalized spacial score (nSPS) is 12.2. The second-order valence-electron chi connectivity index (χ2n) is 4.65. The highest BCUT2D eigenvalue weighted by Gasteiger charge is 2.04. The van der Waals surface area contributed by atoms with Crippen molar-refractivity contribution in [3.05, 3.63) is 23.8 Å². The molecule has 1 aromatic rings. The molecule has 114 valence electrons. The van der Waals surface area contributed by atoms with Crippen molar-refractivity contribution in [1.82, 2.24) is 10.6 Å². The SMILES string of the molecule is CCOc1ccc(CNCCNC[C@H](C)O)cc1OC. The van der Waals surface area contributed by atoms with Crippen molar-refractivity contribution >= 4 is 0 Å². The first-order valence-electron chi connectivity index (χ1n) is 7.06. The molecule has 0 aliphatic heterocycles. The highest BCUT2D eigenvalue weighted by atomic mass is 16.5. The molecule has 1 atom stereocenters. The number of aliphatic hydroxyl groups is 1. The molecule has 0 fully saturated rings. The van der Waals surface area contributed by atoms with Gasteiger partial charge < -0.3 is 25.2 Å². The Labute approximate surface area is 121 Å². The zero-order valence-corrected chi connectivity index (χ0v) is 12.6. The lowest BCUT2D eigenvalue weighted by Crippen LogP contribution is -2.31. The molecule has 1 rings (SSSR count). The molecule has 0 radical (unpaired) electrons. The van der Waals surface area contributed by atoms with Gasteiger partial charge in [-0.1, -0.05) is 6.07 Å². The molecular weight excluding hydrogens is 256 g/mol. The Kier molecular flexibility index (Phi) is 8.02. The molecule has 3 N–H and O–H groups in total. The van der Waals surface area contributed by atoms with E-state index in [0.717, 1.165) is 36.7 Å². The summed E-state index contributed by atoms with van der Waals surface area (Å²) in [4.78, 5) is 0. The molecule has 0 unspecified atom stereocenters. The minimum atomic E-state index is -0.301. The van der Waals surface area contributed by atoms with Gasteiger partial charge in [-0.15, -0.1) is 0 Å². The van der Waals surface area contributed by atoms with E-state index in [1.54, 1.807) is 14.0 Å². The van der Waals surface area contributed by atoms with Gasteiger partial charge in [-0.2, -0.15) is 0 Å². The van der Waals surface area contributed by atoms with Gasteiger partial charge in [0, 0.05) is 26.2 Å². The third-order valence-corrected chi connectivity index (χ3v) is 2.78. The second-order valence-corrected chi connectivity index (χ2v) is 4.65. The number of benzene rings is 1. The number of hydrogen-bond acceptors (Lipinski definition) is 5. The zero-order valence-electron chi connectivity index (χ0n) is 12.6. The summed E-state index contributed by atoms with van der Waals surface area (Å²) in [7, 11) is 1.65. The largest absolute Gasteiger partial charge is 0.493 e. The van der Waals surface area contributed by atoms with Crippen LogP contribution in [0.25, 0.3) is 0 Å². The van der Waals surface area contributed by atoms with Crippen molar-refractivity contribution in [3.63, 3.8) is 0 Å². The first kappa shape index (κ1) is 16.8. The van der Waals surface area contributed by atoms with Gasteiger partial charge in [0.15, 0.2) is 11.5 Å². The molecule has 0 aliphatic rings. The van der Waals surface area contributed by atoms with E-state index in [4.69, 9.17) is 14.6 Å². The smallest absolute Gasteiger partial charge is 0.161 e. The highest BCUT2D eigenvalue weighted by molar-refractivity contribution is 5.42. The van der Waals surface area contributed by atoms with Crippen LogP contribution >= 0.6 is 0 Å². The summed E-state index contributed by atoms with van der Waals surface area (Å²) < 4.78 is 10.8. The molecule has 0 aromatic heterocycles. The quantitative estimate of drug-likeness (QED) is 0.562. The minimum absolute atomic E-state index is 0.301. The predicted octanol–water partition coefficient (Wildman–Crippen LogP) is 1.15. The summed E-state index contributed by atoms with van der Waals surface area (Å²) >= 11 is 0. The third-order valence-electron chi connectivity index (χ3n) is 2.78. The standard InChI is InChI=1S/C15H26N2O3/c1-4-20-14-6-5-13(9-15(14)19-3)11-17-8-7-16-10-12(2)18/h5-6,9,12,16-18H,4,7-8,10-11H2,1-3H3/t12-/m0/s1. The molecule has 5 nitrogen and oxygen atoms in total. The maximum atomic E-state index is 9.11. The maximum absolute atomic E-state index is 9.11. The molecule has 0 heterocycles. The Hall–Kier alpha value is -1.30. The lowest BCUT2D eigenvalue weighted by atomic mass is 10.2. The van der Waals surface area contributed by atoms with Crippen LogP contribution in [-0.2, 0) is 6.54 Å². The van der Waals surface area contributed by atoms with Gasteiger partial charge >= 0.3 is 0 Å². The fourth-order valence-corrected chi connectivity index (χ4v) is 1.82. The van der Waals surface area contributed by atoms with Crippen LogP contribution in [0.3, 0.4) is 0 Å². The highest BCUT2D eigenvalue weighted by Crippen LogP contribution is 2.27. The average molecular weight is 282 g/mol. The Morgan fingerprint density at radius 2 is 1.95 bits per heavy atom. The number of nitrogens with one attached hydrogen (secondary N) is 2. The van der Waals surface area contributed by atoms with Crippen LogP contribution in [0.15, 0.2) is 18.2 Å². The maximum Gasteiger partial charge on any atom is 0.161 e. The van der Waals surface area contributed by atoms with E-state index in [1.807, 2.05) is 25.1 Å². The fourth-order valence-electron chi connectivity index (χ4n) is 1.82. The van der Waals surface area contributed by atoms with E-state index >= 15 is 0 Å². The van der Waals surface area contributed by atoms with Gasteiger partial charge in [-0.05, 0) is 31.5 Å². The van der Waals surface area contributed by atoms with Crippen molar-refractivity contribution < 1.29 is 14.6 Å². The lowest BCUT2D eigenvalue weighted by Gasteiger charge is -2.12. The van der Waals surface area contributed by atoms with E-state index in [9.17, 15) is 0 Å². The summed E-state index contributed by atoms with van der Waals surface area (Å²) in [5.41, 5.74) is 1.15. The zero-order chi connectivity index (χ0) is 14.8. The Morgan fingerprint density at radius 3 is 2.60 bits per heavy atom. The van der Waals surface area contributed by atoms with E-state index in [1.165, 1.54) is 0 Å². The van der Waals surface area contributed by atoms with Gasteiger partial charge in [-0.25, -0.2) is 0 Å². The Morgan fingerprint density at radius 1 is 1.20 bits per heavy atom. The molecule has 0 amide bonds. The summed E-state index contributed by atoms with van der Waals surface area (Å²) in [6.07, 6.45) is -0.301. The second kappa shape index (κ2) is 9.58. The van der Waals surface area contributed by atoms with Crippen LogP contribution in [0.5, 0.6) is 11.5 Å². The van der Waals surface area contributed by atoms with Gasteiger partial charge in [0.05, 0.1) is 19.8 Å². The number of ether oxygens (including phenoxy) is 2. The Balaban J connectivity index is 2.33. The fraction of sp³-hybridized carbons (Fsp3) is 0.600. The number of methoxy groups -OCH3 is 1. The monoisotopic (exact) mass is 282 g/mol. The number of rotatable bonds is 10. The van der Waals surface area contributed by atoms with Crippen LogP contribution in [-0.4, -0.2) is 44.6 Å². The molecule has 0 bridgehead atoms. The lowest BCUT2D eigenvalue weighted by molar-refractivity contribution is 0.191. The van der Waals surface area contributed by atoms with Crippen molar-refractivity contribution in [2.24, 2.45) is 0 Å². The van der Waals surface area contributed by atoms with Gasteiger partial charge in [0.25, 0.3) is 0 Å². The molecule has 20 heavy (non-hydrogen) atoms. The van der Waals surface area contributed by atoms with Gasteiger partial charge in [0.2, 0.25) is 0 Å². The van der Waals surface area contributed by atoms with Crippen LogP contribution in [0.2, 0.25) is 0 Å². The summed E-state index contributed by atoms with van der Waals surface area (Å²) in [6, 6.07) is 5.95. The van der Waals surface area contributed by atoms with Crippen molar-refractivity contribution in [2.75, 3.05) is 33.4 Å². The average Bonchev–Trinajstić information content (AvgIpc) is 2.44. The van der Waals surface area contributed by atoms with Crippen LogP contribution in [0.1, 0.15) is 19.4 Å². The summed E-state index contributed by atoms with van der Waals surface area (Å²) in [6.45, 7) is 7.43. The van der Waals surface area contributed by atoms with E-state index in [-0.39, 0.29) is 6.10 Å². The van der Waals surface area contributed by atoms with E-state index < -0.39 is 0 Å². The third kappa shape index (κ3) is 6.23. The molecule has 1 aromatic carbocycles. The molecule has 5 heteroatoms. The van der Waals surface area contributed by atoms with Crippen LogP contribution in [0.4, 0.5) is 0 Å². The van der Waals surface area contributed by atoms with Crippen molar-refractivity contribution in [2.45, 2.75) is 26.5 Å². The van der Waals surface area contributed by atoms with Gasteiger partial charge in [-0.3, -0.25) is 0 Å². The minimum Gasteiger partial charge on any atom is -0.493 e. The molecular formula is C15H26N2O3. The van der Waals surface area contributed by atoms with Gasteiger partial charge in [0.1, 0.15) is 0 Å². The van der Waals surface area contributed by atoms with E-state index in [0.29, 0.717) is 13.2 Å². The molecule has 0 saturated carbocycles. The first-order valence-corrected chi connectivity index (χ1v) is 7.06. The van der Waals surface area contributed by atoms with Crippen molar-refractivity contribution in [1.29, 1.82) is 0 Å². The van der Waals surface area contributed by atoms with Crippen molar-refractivity contribution in [3.8, 4) is 11.5 Å². The predicted molar refractivity (Wildman–Crippen MR) is 80.4 cm³/mol. The Bertz CT molecular complexity index is 383.